The molecule has 1 aliphatic rings. The number of rotatable bonds is 8. The lowest BCUT2D eigenvalue weighted by atomic mass is 10.1. The van der Waals surface area contributed by atoms with Gasteiger partial charge in [-0.1, -0.05) is 12.1 Å². The van der Waals surface area contributed by atoms with Crippen molar-refractivity contribution < 1.29 is 24.2 Å². The van der Waals surface area contributed by atoms with Gasteiger partial charge in [-0.05, 0) is 50.3 Å². The first kappa shape index (κ1) is 18.4. The van der Waals surface area contributed by atoms with Gasteiger partial charge in [0.25, 0.3) is 5.91 Å². The minimum atomic E-state index is -0.819. The van der Waals surface area contributed by atoms with Crippen LogP contribution in [0.3, 0.4) is 0 Å². The van der Waals surface area contributed by atoms with Crippen LogP contribution in [0.4, 0.5) is 5.69 Å². The number of anilines is 1. The van der Waals surface area contributed by atoms with Crippen molar-refractivity contribution in [1.29, 1.82) is 0 Å². The van der Waals surface area contributed by atoms with Crippen molar-refractivity contribution >= 4 is 17.6 Å². The second-order valence-corrected chi connectivity index (χ2v) is 6.04. The number of nitrogens with one attached hydrogen (secondary N) is 1. The summed E-state index contributed by atoms with van der Waals surface area (Å²) in [7, 11) is 0. The first-order chi connectivity index (χ1) is 11.5. The van der Waals surface area contributed by atoms with E-state index in [0.29, 0.717) is 18.7 Å². The van der Waals surface area contributed by atoms with E-state index in [2.05, 4.69) is 5.32 Å². The molecule has 24 heavy (non-hydrogen) atoms. The normalized spacial score (nSPS) is 18.8. The Balaban J connectivity index is 1.74. The number of carboxylic acid groups (broad SMARTS) is 1. The number of hydrogen-bond acceptors (Lipinski definition) is 4. The number of aliphatic carboxylic acids is 1. The molecule has 6 nitrogen and oxygen atoms in total. The molecule has 1 saturated heterocycles. The molecular weight excluding hydrogens is 310 g/mol. The van der Waals surface area contributed by atoms with Crippen molar-refractivity contribution in [2.24, 2.45) is 0 Å². The van der Waals surface area contributed by atoms with E-state index in [9.17, 15) is 9.59 Å². The molecule has 0 radical (unpaired) electrons. The monoisotopic (exact) mass is 335 g/mol. The van der Waals surface area contributed by atoms with E-state index in [1.807, 2.05) is 12.1 Å². The number of aryl methyl sites for hydroxylation is 1. The molecule has 132 valence electrons. The van der Waals surface area contributed by atoms with Crippen molar-refractivity contribution in [3.05, 3.63) is 29.8 Å². The molecule has 0 aromatic heterocycles. The van der Waals surface area contributed by atoms with Crippen LogP contribution in [0.5, 0.6) is 0 Å². The maximum atomic E-state index is 12.1. The van der Waals surface area contributed by atoms with Gasteiger partial charge in [0.1, 0.15) is 6.10 Å². The summed E-state index contributed by atoms with van der Waals surface area (Å²) in [6.45, 7) is 2.92. The molecule has 1 heterocycles. The topological polar surface area (TPSA) is 84.9 Å². The second kappa shape index (κ2) is 9.39. The molecule has 1 amide bonds. The van der Waals surface area contributed by atoms with Crippen molar-refractivity contribution in [3.8, 4) is 0 Å². The van der Waals surface area contributed by atoms with Crippen LogP contribution < -0.4 is 5.32 Å². The van der Waals surface area contributed by atoms with E-state index in [4.69, 9.17) is 14.6 Å². The molecule has 0 bridgehead atoms. The van der Waals surface area contributed by atoms with Gasteiger partial charge in [-0.3, -0.25) is 9.59 Å². The van der Waals surface area contributed by atoms with Crippen LogP contribution in [0, 0.1) is 0 Å². The molecule has 0 spiro atoms. The predicted molar refractivity (Wildman–Crippen MR) is 90.0 cm³/mol. The largest absolute Gasteiger partial charge is 0.481 e. The van der Waals surface area contributed by atoms with Crippen LogP contribution in [-0.4, -0.2) is 42.4 Å². The van der Waals surface area contributed by atoms with Crippen LogP contribution in [-0.2, 0) is 25.5 Å². The Morgan fingerprint density at radius 3 is 2.71 bits per heavy atom. The lowest BCUT2D eigenvalue weighted by molar-refractivity contribution is -0.137. The highest BCUT2D eigenvalue weighted by Crippen LogP contribution is 2.15. The fourth-order valence-corrected chi connectivity index (χ4v) is 2.52. The Kier molecular flexibility index (Phi) is 7.21. The molecule has 2 atom stereocenters. The summed E-state index contributed by atoms with van der Waals surface area (Å²) in [5.41, 5.74) is 1.59. The van der Waals surface area contributed by atoms with Crippen LogP contribution in [0.25, 0.3) is 0 Å². The summed E-state index contributed by atoms with van der Waals surface area (Å²) in [4.78, 5) is 22.7. The molecule has 2 N–H and O–H groups in total. The summed E-state index contributed by atoms with van der Waals surface area (Å²) in [6, 6.07) is 7.18. The molecule has 0 saturated carbocycles. The summed E-state index contributed by atoms with van der Waals surface area (Å²) in [5, 5.41) is 11.5. The van der Waals surface area contributed by atoms with Gasteiger partial charge in [-0.15, -0.1) is 0 Å². The van der Waals surface area contributed by atoms with Gasteiger partial charge < -0.3 is 19.9 Å². The van der Waals surface area contributed by atoms with Crippen molar-refractivity contribution in [2.45, 2.75) is 51.2 Å². The standard InChI is InChI=1S/C18H25NO5/c1-13(24-12-16-4-2-3-11-23-16)18(22)19-15-8-5-14(6-9-15)7-10-17(20)21/h5-6,8-9,13,16H,2-4,7,10-12H2,1H3,(H,19,22)(H,20,21). The zero-order valence-corrected chi connectivity index (χ0v) is 14.0. The van der Waals surface area contributed by atoms with Crippen LogP contribution in [0.1, 0.15) is 38.2 Å². The minimum Gasteiger partial charge on any atom is -0.481 e. The van der Waals surface area contributed by atoms with Gasteiger partial charge in [0.2, 0.25) is 0 Å². The Labute approximate surface area is 142 Å². The number of ether oxygens (including phenoxy) is 2. The average Bonchev–Trinajstić information content (AvgIpc) is 2.59. The maximum absolute atomic E-state index is 12.1. The van der Waals surface area contributed by atoms with E-state index in [1.54, 1.807) is 19.1 Å². The Morgan fingerprint density at radius 1 is 1.33 bits per heavy atom. The lowest BCUT2D eigenvalue weighted by Gasteiger charge is -2.23. The van der Waals surface area contributed by atoms with Gasteiger partial charge in [-0.25, -0.2) is 0 Å². The third-order valence-electron chi connectivity index (χ3n) is 4.02. The predicted octanol–water partition coefficient (Wildman–Crippen LogP) is 2.62. The number of carbonyl (C=O) groups excluding carboxylic acids is 1. The molecule has 2 unspecified atom stereocenters. The second-order valence-electron chi connectivity index (χ2n) is 6.04. The number of carboxylic acids is 1. The Hall–Kier alpha value is -1.92. The molecule has 1 fully saturated rings. The van der Waals surface area contributed by atoms with E-state index in [0.717, 1.165) is 31.4 Å². The smallest absolute Gasteiger partial charge is 0.303 e. The zero-order valence-electron chi connectivity index (χ0n) is 14.0. The third-order valence-corrected chi connectivity index (χ3v) is 4.02. The highest BCUT2D eigenvalue weighted by atomic mass is 16.5. The number of amides is 1. The van der Waals surface area contributed by atoms with Crippen LogP contribution in [0.15, 0.2) is 24.3 Å². The summed E-state index contributed by atoms with van der Waals surface area (Å²) < 4.78 is 11.2. The van der Waals surface area contributed by atoms with Crippen molar-refractivity contribution in [2.75, 3.05) is 18.5 Å². The van der Waals surface area contributed by atoms with Crippen molar-refractivity contribution in [3.63, 3.8) is 0 Å². The lowest BCUT2D eigenvalue weighted by Crippen LogP contribution is -2.32. The van der Waals surface area contributed by atoms with Crippen LogP contribution in [0.2, 0.25) is 0 Å². The summed E-state index contributed by atoms with van der Waals surface area (Å²) >= 11 is 0. The molecular formula is C18H25NO5. The quantitative estimate of drug-likeness (QED) is 0.763. The number of benzene rings is 1. The molecule has 1 aromatic carbocycles. The fraction of sp³-hybridized carbons (Fsp3) is 0.556. The average molecular weight is 335 g/mol. The highest BCUT2D eigenvalue weighted by molar-refractivity contribution is 5.93. The Morgan fingerprint density at radius 2 is 2.08 bits per heavy atom. The number of hydrogen-bond donors (Lipinski definition) is 2. The van der Waals surface area contributed by atoms with Crippen LogP contribution >= 0.6 is 0 Å². The van der Waals surface area contributed by atoms with E-state index in [1.165, 1.54) is 0 Å². The van der Waals surface area contributed by atoms with E-state index in [-0.39, 0.29) is 18.4 Å². The molecule has 1 aliphatic heterocycles. The minimum absolute atomic E-state index is 0.0857. The molecule has 2 rings (SSSR count). The third kappa shape index (κ3) is 6.29. The van der Waals surface area contributed by atoms with Gasteiger partial charge in [-0.2, -0.15) is 0 Å². The van der Waals surface area contributed by atoms with E-state index >= 15 is 0 Å². The van der Waals surface area contributed by atoms with Gasteiger partial charge in [0.05, 0.1) is 12.7 Å². The van der Waals surface area contributed by atoms with Gasteiger partial charge in [0.15, 0.2) is 0 Å². The van der Waals surface area contributed by atoms with Crippen molar-refractivity contribution in [1.82, 2.24) is 0 Å². The first-order valence-electron chi connectivity index (χ1n) is 8.39. The zero-order chi connectivity index (χ0) is 17.4. The van der Waals surface area contributed by atoms with E-state index < -0.39 is 12.1 Å². The highest BCUT2D eigenvalue weighted by Gasteiger charge is 2.19. The van der Waals surface area contributed by atoms with Gasteiger partial charge >= 0.3 is 5.97 Å². The fourth-order valence-electron chi connectivity index (χ4n) is 2.52. The SMILES string of the molecule is CC(OCC1CCCCO1)C(=O)Nc1ccc(CCC(=O)O)cc1. The first-order valence-corrected chi connectivity index (χ1v) is 8.39. The Bertz CT molecular complexity index is 537. The molecule has 1 aromatic rings. The summed E-state index contributed by atoms with van der Waals surface area (Å²) in [5.74, 6) is -1.02. The molecule has 0 aliphatic carbocycles. The number of carbonyl (C=O) groups is 2. The van der Waals surface area contributed by atoms with Gasteiger partial charge in [0, 0.05) is 18.7 Å². The summed E-state index contributed by atoms with van der Waals surface area (Å²) in [6.07, 6.45) is 3.32. The molecule has 6 heteroatoms. The maximum Gasteiger partial charge on any atom is 0.303 e.